The summed E-state index contributed by atoms with van der Waals surface area (Å²) in [6.07, 6.45) is 2.93. The van der Waals surface area contributed by atoms with Crippen LogP contribution in [0.1, 0.15) is 25.5 Å². The fourth-order valence-electron chi connectivity index (χ4n) is 1.41. The largest absolute Gasteiger partial charge is 0.465 e. The number of hydrogen-bond donors (Lipinski definition) is 0. The summed E-state index contributed by atoms with van der Waals surface area (Å²) < 4.78 is 9.78. The molecule has 0 unspecified atom stereocenters. The maximum Gasteiger partial charge on any atom is 0.349 e. The third kappa shape index (κ3) is 2.51. The SMILES string of the molecule is CCCC(=C(C#N)C(=O)OC)c1ccco1. The molecule has 0 aromatic carbocycles. The van der Waals surface area contributed by atoms with Crippen LogP contribution in [0.15, 0.2) is 28.4 Å². The number of rotatable bonds is 4. The highest BCUT2D eigenvalue weighted by Crippen LogP contribution is 2.24. The second-order valence-electron chi connectivity index (χ2n) is 3.18. The van der Waals surface area contributed by atoms with E-state index in [1.165, 1.54) is 13.4 Å². The number of furan rings is 1. The van der Waals surface area contributed by atoms with Crippen molar-refractivity contribution in [2.75, 3.05) is 7.11 Å². The van der Waals surface area contributed by atoms with Crippen molar-refractivity contribution in [1.29, 1.82) is 5.26 Å². The molecule has 1 heterocycles. The van der Waals surface area contributed by atoms with Gasteiger partial charge in [0.2, 0.25) is 0 Å². The molecule has 4 nitrogen and oxygen atoms in total. The Morgan fingerprint density at radius 1 is 1.62 bits per heavy atom. The minimum Gasteiger partial charge on any atom is -0.465 e. The van der Waals surface area contributed by atoms with Gasteiger partial charge in [0, 0.05) is 5.57 Å². The van der Waals surface area contributed by atoms with E-state index in [9.17, 15) is 4.79 Å². The number of esters is 1. The van der Waals surface area contributed by atoms with Gasteiger partial charge in [-0.05, 0) is 18.6 Å². The molecule has 0 spiro atoms. The molecule has 4 heteroatoms. The van der Waals surface area contributed by atoms with Gasteiger partial charge in [-0.3, -0.25) is 0 Å². The number of nitrogens with zero attached hydrogens (tertiary/aromatic N) is 1. The van der Waals surface area contributed by atoms with Crippen LogP contribution in [0.2, 0.25) is 0 Å². The van der Waals surface area contributed by atoms with Gasteiger partial charge in [-0.15, -0.1) is 0 Å². The van der Waals surface area contributed by atoms with E-state index in [2.05, 4.69) is 4.74 Å². The summed E-state index contributed by atoms with van der Waals surface area (Å²) in [5.74, 6) is -0.0776. The third-order valence-electron chi connectivity index (χ3n) is 2.12. The average Bonchev–Trinajstić information content (AvgIpc) is 2.81. The summed E-state index contributed by atoms with van der Waals surface area (Å²) >= 11 is 0. The van der Waals surface area contributed by atoms with Crippen molar-refractivity contribution in [2.24, 2.45) is 0 Å². The number of methoxy groups -OCH3 is 1. The van der Waals surface area contributed by atoms with Crippen LogP contribution in [0.5, 0.6) is 0 Å². The van der Waals surface area contributed by atoms with Crippen LogP contribution >= 0.6 is 0 Å². The van der Waals surface area contributed by atoms with Crippen molar-refractivity contribution in [2.45, 2.75) is 19.8 Å². The minimum absolute atomic E-state index is 0.0132. The van der Waals surface area contributed by atoms with Gasteiger partial charge in [-0.25, -0.2) is 4.79 Å². The molecule has 84 valence electrons. The molecule has 0 aliphatic heterocycles. The zero-order valence-electron chi connectivity index (χ0n) is 9.32. The van der Waals surface area contributed by atoms with Gasteiger partial charge in [0.15, 0.2) is 0 Å². The first-order chi connectivity index (χ1) is 7.74. The Balaban J connectivity index is 3.22. The topological polar surface area (TPSA) is 63.2 Å². The van der Waals surface area contributed by atoms with Crippen molar-refractivity contribution in [3.63, 3.8) is 0 Å². The van der Waals surface area contributed by atoms with E-state index >= 15 is 0 Å². The van der Waals surface area contributed by atoms with E-state index in [0.717, 1.165) is 6.42 Å². The van der Waals surface area contributed by atoms with E-state index in [1.807, 2.05) is 13.0 Å². The fourth-order valence-corrected chi connectivity index (χ4v) is 1.41. The molecule has 0 bridgehead atoms. The van der Waals surface area contributed by atoms with Crippen LogP contribution in [0, 0.1) is 11.3 Å². The Morgan fingerprint density at radius 3 is 2.81 bits per heavy atom. The monoisotopic (exact) mass is 219 g/mol. The average molecular weight is 219 g/mol. The lowest BCUT2D eigenvalue weighted by atomic mass is 10.0. The highest BCUT2D eigenvalue weighted by Gasteiger charge is 2.18. The second-order valence-corrected chi connectivity index (χ2v) is 3.18. The Bertz CT molecular complexity index is 424. The summed E-state index contributed by atoms with van der Waals surface area (Å²) in [6.45, 7) is 1.97. The van der Waals surface area contributed by atoms with Gasteiger partial charge in [-0.1, -0.05) is 13.3 Å². The van der Waals surface area contributed by atoms with Gasteiger partial charge in [0.25, 0.3) is 0 Å². The molecule has 0 saturated carbocycles. The van der Waals surface area contributed by atoms with Gasteiger partial charge < -0.3 is 9.15 Å². The normalized spacial score (nSPS) is 11.6. The Morgan fingerprint density at radius 2 is 2.38 bits per heavy atom. The fraction of sp³-hybridized carbons (Fsp3) is 0.333. The smallest absolute Gasteiger partial charge is 0.349 e. The minimum atomic E-state index is -0.623. The first-order valence-electron chi connectivity index (χ1n) is 5.00. The lowest BCUT2D eigenvalue weighted by molar-refractivity contribution is -0.135. The summed E-state index contributed by atoms with van der Waals surface area (Å²) in [6, 6.07) is 5.32. The third-order valence-corrected chi connectivity index (χ3v) is 2.12. The highest BCUT2D eigenvalue weighted by atomic mass is 16.5. The molecule has 16 heavy (non-hydrogen) atoms. The van der Waals surface area contributed by atoms with E-state index in [0.29, 0.717) is 17.8 Å². The van der Waals surface area contributed by atoms with Crippen LogP contribution in [0.3, 0.4) is 0 Å². The van der Waals surface area contributed by atoms with Crippen molar-refractivity contribution in [3.8, 4) is 6.07 Å². The molecular weight excluding hydrogens is 206 g/mol. The molecule has 1 aromatic rings. The van der Waals surface area contributed by atoms with Gasteiger partial charge in [0.1, 0.15) is 17.4 Å². The lowest BCUT2D eigenvalue weighted by Crippen LogP contribution is -2.06. The van der Waals surface area contributed by atoms with Gasteiger partial charge in [-0.2, -0.15) is 5.26 Å². The molecule has 0 atom stereocenters. The predicted molar refractivity (Wildman–Crippen MR) is 58.2 cm³/mol. The molecule has 1 rings (SSSR count). The number of nitriles is 1. The highest BCUT2D eigenvalue weighted by molar-refractivity contribution is 6.01. The summed E-state index contributed by atoms with van der Waals surface area (Å²) in [7, 11) is 1.26. The molecule has 0 amide bonds. The molecule has 0 aliphatic carbocycles. The lowest BCUT2D eigenvalue weighted by Gasteiger charge is -2.05. The maximum atomic E-state index is 11.4. The zero-order chi connectivity index (χ0) is 12.0. The van der Waals surface area contributed by atoms with Crippen molar-refractivity contribution in [3.05, 3.63) is 29.7 Å². The molecule has 0 aliphatic rings. The van der Waals surface area contributed by atoms with Crippen molar-refractivity contribution >= 4 is 11.5 Å². The van der Waals surface area contributed by atoms with Crippen molar-refractivity contribution in [1.82, 2.24) is 0 Å². The number of allylic oxidation sites excluding steroid dienone is 1. The van der Waals surface area contributed by atoms with E-state index < -0.39 is 5.97 Å². The zero-order valence-corrected chi connectivity index (χ0v) is 9.32. The van der Waals surface area contributed by atoms with Crippen LogP contribution in [-0.2, 0) is 9.53 Å². The molecule has 0 radical (unpaired) electrons. The van der Waals surface area contributed by atoms with Crippen LogP contribution < -0.4 is 0 Å². The Hall–Kier alpha value is -2.02. The van der Waals surface area contributed by atoms with E-state index in [1.54, 1.807) is 12.1 Å². The molecule has 0 saturated heterocycles. The quantitative estimate of drug-likeness (QED) is 0.443. The van der Waals surface area contributed by atoms with Gasteiger partial charge >= 0.3 is 5.97 Å². The summed E-state index contributed by atoms with van der Waals surface area (Å²) in [5.41, 5.74) is 0.612. The Kier molecular flexibility index (Phi) is 4.34. The maximum absolute atomic E-state index is 11.4. The second kappa shape index (κ2) is 5.76. The standard InChI is InChI=1S/C12H13NO3/c1-3-5-9(11-6-4-7-16-11)10(8-13)12(14)15-2/h4,6-7H,3,5H2,1-2H3. The predicted octanol–water partition coefficient (Wildman–Crippen LogP) is 2.53. The first kappa shape index (κ1) is 12.1. The number of ether oxygens (including phenoxy) is 1. The molecule has 1 aromatic heterocycles. The number of hydrogen-bond acceptors (Lipinski definition) is 4. The Labute approximate surface area is 94.1 Å². The van der Waals surface area contributed by atoms with E-state index in [-0.39, 0.29) is 5.57 Å². The molecular formula is C12H13NO3. The molecule has 0 N–H and O–H groups in total. The van der Waals surface area contributed by atoms with Crippen LogP contribution in [0.25, 0.3) is 5.57 Å². The summed E-state index contributed by atoms with van der Waals surface area (Å²) in [5, 5.41) is 8.97. The van der Waals surface area contributed by atoms with Crippen molar-refractivity contribution < 1.29 is 13.9 Å². The summed E-state index contributed by atoms with van der Waals surface area (Å²) in [4.78, 5) is 11.4. The van der Waals surface area contributed by atoms with Gasteiger partial charge in [0.05, 0.1) is 13.4 Å². The van der Waals surface area contributed by atoms with Crippen LogP contribution in [-0.4, -0.2) is 13.1 Å². The molecule has 0 fully saturated rings. The first-order valence-corrected chi connectivity index (χ1v) is 5.00. The van der Waals surface area contributed by atoms with E-state index in [4.69, 9.17) is 9.68 Å². The van der Waals surface area contributed by atoms with Crippen LogP contribution in [0.4, 0.5) is 0 Å². The number of carbonyl (C=O) groups is 1. The number of carbonyl (C=O) groups excluding carboxylic acids is 1.